The van der Waals surface area contributed by atoms with Gasteiger partial charge in [-0.1, -0.05) is 44.2 Å². The highest BCUT2D eigenvalue weighted by Gasteiger charge is 1.96. The molecular weight excluding hydrogens is 347 g/mol. The van der Waals surface area contributed by atoms with E-state index in [-0.39, 0.29) is 11.8 Å². The van der Waals surface area contributed by atoms with Crippen molar-refractivity contribution in [1.82, 2.24) is 10.6 Å². The Morgan fingerprint density at radius 2 is 1.67 bits per heavy atom. The number of alkyl halides is 1. The molecule has 0 aromatic heterocycles. The molecule has 0 aliphatic carbocycles. The quantitative estimate of drug-likeness (QED) is 0.293. The number of amides is 2. The molecule has 2 N–H and O–H groups in total. The Kier molecular flexibility index (Phi) is 11.1. The van der Waals surface area contributed by atoms with E-state index in [1.807, 2.05) is 22.6 Å². The molecule has 7 heteroatoms. The fraction of sp³-hybridized carbons (Fsp3) is 0.750. The van der Waals surface area contributed by atoms with Gasteiger partial charge < -0.3 is 10.6 Å². The van der Waals surface area contributed by atoms with Gasteiger partial charge in [0.05, 0.1) is 4.43 Å². The summed E-state index contributed by atoms with van der Waals surface area (Å²) < 4.78 is 0.512. The van der Waals surface area contributed by atoms with Crippen molar-refractivity contribution in [2.24, 2.45) is 0 Å². The molecule has 0 aliphatic rings. The minimum Gasteiger partial charge on any atom is -0.355 e. The van der Waals surface area contributed by atoms with Crippen molar-refractivity contribution in [2.75, 3.05) is 29.0 Å². The Balaban J connectivity index is 3.05. The first-order valence-corrected chi connectivity index (χ1v) is 8.49. The Hall–Kier alpha value is 0.370. The number of hydrogen-bond donors (Lipinski definition) is 2. The molecule has 0 rings (SSSR count). The van der Waals surface area contributed by atoms with Gasteiger partial charge in [-0.15, -0.1) is 0 Å². The number of nitrogens with one attached hydrogen (secondary N) is 2. The van der Waals surface area contributed by atoms with Crippen LogP contribution in [0.4, 0.5) is 0 Å². The standard InChI is InChI=1S/C8H15IN2O2S2/c1-7(12)10-2-4-14-15-5-3-11-8(13)6-9/h2-6H2,1H3,(H,10,12)(H,11,13). The zero-order valence-corrected chi connectivity index (χ0v) is 12.3. The second-order valence-corrected chi connectivity index (χ2v) is 6.08. The van der Waals surface area contributed by atoms with Crippen molar-refractivity contribution >= 4 is 56.0 Å². The third-order valence-electron chi connectivity index (χ3n) is 1.27. The second-order valence-electron chi connectivity index (χ2n) is 2.61. The van der Waals surface area contributed by atoms with E-state index >= 15 is 0 Å². The first kappa shape index (κ1) is 15.4. The third-order valence-corrected chi connectivity index (χ3v) is 4.37. The van der Waals surface area contributed by atoms with E-state index in [4.69, 9.17) is 0 Å². The maximum atomic E-state index is 10.8. The molecule has 0 radical (unpaired) electrons. The molecule has 0 atom stereocenters. The van der Waals surface area contributed by atoms with Crippen molar-refractivity contribution in [3.63, 3.8) is 0 Å². The minimum absolute atomic E-state index is 0.00918. The van der Waals surface area contributed by atoms with Gasteiger partial charge in [0.2, 0.25) is 11.8 Å². The molecular formula is C8H15IN2O2S2. The van der Waals surface area contributed by atoms with E-state index < -0.39 is 0 Å². The number of rotatable bonds is 8. The highest BCUT2D eigenvalue weighted by Crippen LogP contribution is 2.19. The molecule has 0 saturated heterocycles. The van der Waals surface area contributed by atoms with Crippen LogP contribution in [0.2, 0.25) is 0 Å². The summed E-state index contributed by atoms with van der Waals surface area (Å²) in [5.41, 5.74) is 0. The van der Waals surface area contributed by atoms with E-state index in [9.17, 15) is 9.59 Å². The Morgan fingerprint density at radius 3 is 2.13 bits per heavy atom. The molecule has 2 amide bonds. The van der Waals surface area contributed by atoms with Crippen LogP contribution in [0.3, 0.4) is 0 Å². The highest BCUT2D eigenvalue weighted by molar-refractivity contribution is 14.1. The van der Waals surface area contributed by atoms with Gasteiger partial charge in [-0.05, 0) is 0 Å². The zero-order valence-electron chi connectivity index (χ0n) is 8.55. The third kappa shape index (κ3) is 12.3. The molecule has 0 bridgehead atoms. The lowest BCUT2D eigenvalue weighted by Gasteiger charge is -2.03. The van der Waals surface area contributed by atoms with Crippen LogP contribution in [0.5, 0.6) is 0 Å². The van der Waals surface area contributed by atoms with Crippen LogP contribution in [0.25, 0.3) is 0 Å². The van der Waals surface area contributed by atoms with E-state index in [2.05, 4.69) is 10.6 Å². The van der Waals surface area contributed by atoms with Crippen LogP contribution in [-0.4, -0.2) is 40.8 Å². The van der Waals surface area contributed by atoms with Crippen LogP contribution in [0, 0.1) is 0 Å². The normalized spacial score (nSPS) is 9.73. The second kappa shape index (κ2) is 10.9. The molecule has 0 aromatic carbocycles. The van der Waals surface area contributed by atoms with Crippen LogP contribution < -0.4 is 10.6 Å². The molecule has 0 unspecified atom stereocenters. The topological polar surface area (TPSA) is 58.2 Å². The molecule has 0 fully saturated rings. The lowest BCUT2D eigenvalue weighted by atomic mass is 10.6. The van der Waals surface area contributed by atoms with E-state index in [0.29, 0.717) is 17.5 Å². The maximum Gasteiger partial charge on any atom is 0.229 e. The summed E-state index contributed by atoms with van der Waals surface area (Å²) in [6.45, 7) is 2.92. The lowest BCUT2D eigenvalue weighted by molar-refractivity contribution is -0.119. The monoisotopic (exact) mass is 362 g/mol. The van der Waals surface area contributed by atoms with Crippen molar-refractivity contribution in [1.29, 1.82) is 0 Å². The van der Waals surface area contributed by atoms with Gasteiger partial charge in [0.25, 0.3) is 0 Å². The van der Waals surface area contributed by atoms with Crippen molar-refractivity contribution in [3.05, 3.63) is 0 Å². The molecule has 0 heterocycles. The average Bonchev–Trinajstić information content (AvgIpc) is 2.21. The summed E-state index contributed by atoms with van der Waals surface area (Å²) in [4.78, 5) is 21.4. The average molecular weight is 362 g/mol. The molecule has 0 aliphatic heterocycles. The highest BCUT2D eigenvalue weighted by atomic mass is 127. The van der Waals surface area contributed by atoms with Crippen LogP contribution in [0.15, 0.2) is 0 Å². The van der Waals surface area contributed by atoms with Crippen LogP contribution >= 0.6 is 44.2 Å². The van der Waals surface area contributed by atoms with Gasteiger partial charge in [0.15, 0.2) is 0 Å². The Bertz CT molecular complexity index is 205. The summed E-state index contributed by atoms with van der Waals surface area (Å²) in [5, 5.41) is 5.51. The molecule has 88 valence electrons. The molecule has 0 spiro atoms. The smallest absolute Gasteiger partial charge is 0.229 e. The summed E-state index contributed by atoms with van der Waals surface area (Å²) >= 11 is 2.03. The van der Waals surface area contributed by atoms with Gasteiger partial charge in [-0.2, -0.15) is 0 Å². The first-order chi connectivity index (χ1) is 7.16. The van der Waals surface area contributed by atoms with E-state index in [1.54, 1.807) is 21.6 Å². The van der Waals surface area contributed by atoms with E-state index in [1.165, 1.54) is 6.92 Å². The van der Waals surface area contributed by atoms with Crippen LogP contribution in [-0.2, 0) is 9.59 Å². The minimum atomic E-state index is 0.00918. The fourth-order valence-corrected chi connectivity index (χ4v) is 2.75. The van der Waals surface area contributed by atoms with Gasteiger partial charge >= 0.3 is 0 Å². The van der Waals surface area contributed by atoms with Crippen LogP contribution in [0.1, 0.15) is 6.92 Å². The van der Waals surface area contributed by atoms with Gasteiger partial charge in [-0.25, -0.2) is 0 Å². The summed E-state index contributed by atoms with van der Waals surface area (Å²) in [6.07, 6.45) is 0. The predicted octanol–water partition coefficient (Wildman–Crippen LogP) is 1.06. The molecule has 0 saturated carbocycles. The first-order valence-electron chi connectivity index (χ1n) is 4.48. The SMILES string of the molecule is CC(=O)NCCSSCCNC(=O)CI. The number of carbonyl (C=O) groups is 2. The summed E-state index contributed by atoms with van der Waals surface area (Å²) in [5.74, 6) is 1.88. The number of hydrogen-bond acceptors (Lipinski definition) is 4. The maximum absolute atomic E-state index is 10.8. The largest absolute Gasteiger partial charge is 0.355 e. The molecule has 15 heavy (non-hydrogen) atoms. The van der Waals surface area contributed by atoms with Gasteiger partial charge in [0, 0.05) is 31.5 Å². The zero-order chi connectivity index (χ0) is 11.5. The number of halogens is 1. The predicted molar refractivity (Wildman–Crippen MR) is 75.5 cm³/mol. The van der Waals surface area contributed by atoms with E-state index in [0.717, 1.165) is 11.5 Å². The molecule has 0 aromatic rings. The van der Waals surface area contributed by atoms with Crippen molar-refractivity contribution < 1.29 is 9.59 Å². The van der Waals surface area contributed by atoms with Gasteiger partial charge in [0.1, 0.15) is 0 Å². The van der Waals surface area contributed by atoms with Gasteiger partial charge in [-0.3, -0.25) is 9.59 Å². The van der Waals surface area contributed by atoms with Crippen molar-refractivity contribution in [3.8, 4) is 0 Å². The molecule has 4 nitrogen and oxygen atoms in total. The van der Waals surface area contributed by atoms with Crippen molar-refractivity contribution in [2.45, 2.75) is 6.92 Å². The lowest BCUT2D eigenvalue weighted by Crippen LogP contribution is -2.26. The Morgan fingerprint density at radius 1 is 1.13 bits per heavy atom. The fourth-order valence-electron chi connectivity index (χ4n) is 0.666. The number of carbonyl (C=O) groups excluding carboxylic acids is 2. The summed E-state index contributed by atoms with van der Waals surface area (Å²) in [7, 11) is 3.41. The summed E-state index contributed by atoms with van der Waals surface area (Å²) in [6, 6.07) is 0. The Labute approximate surface area is 112 Å².